The third-order valence-electron chi connectivity index (χ3n) is 4.85. The summed E-state index contributed by atoms with van der Waals surface area (Å²) < 4.78 is 1.87. The van der Waals surface area contributed by atoms with Gasteiger partial charge in [0, 0.05) is 17.7 Å². The van der Waals surface area contributed by atoms with Gasteiger partial charge in [-0.15, -0.1) is 5.10 Å². The van der Waals surface area contributed by atoms with Crippen LogP contribution in [0, 0.1) is 12.3 Å². The van der Waals surface area contributed by atoms with Gasteiger partial charge >= 0.3 is 0 Å². The smallest absolute Gasteiger partial charge is 0.227 e. The van der Waals surface area contributed by atoms with E-state index >= 15 is 0 Å². The van der Waals surface area contributed by atoms with Gasteiger partial charge in [-0.1, -0.05) is 55.4 Å². The molecular weight excluding hydrogens is 332 g/mol. The van der Waals surface area contributed by atoms with Crippen LogP contribution in [0.4, 0.5) is 5.95 Å². The highest BCUT2D eigenvalue weighted by molar-refractivity contribution is 7.98. The van der Waals surface area contributed by atoms with Gasteiger partial charge in [-0.25, -0.2) is 4.68 Å². The van der Waals surface area contributed by atoms with Gasteiger partial charge in [0.05, 0.1) is 0 Å². The lowest BCUT2D eigenvalue weighted by Crippen LogP contribution is -2.36. The molecule has 2 aromatic rings. The number of fused-ring (bicyclic) bond motifs is 1. The summed E-state index contributed by atoms with van der Waals surface area (Å²) in [6.07, 6.45) is 3.37. The Morgan fingerprint density at radius 3 is 2.84 bits per heavy atom. The van der Waals surface area contributed by atoms with Crippen LogP contribution in [0.25, 0.3) is 0 Å². The summed E-state index contributed by atoms with van der Waals surface area (Å²) in [5.74, 6) is 0.928. The van der Waals surface area contributed by atoms with Gasteiger partial charge in [0.15, 0.2) is 5.78 Å². The molecule has 0 bridgehead atoms. The molecule has 1 aromatic carbocycles. The molecule has 2 heterocycles. The van der Waals surface area contributed by atoms with Crippen molar-refractivity contribution in [2.45, 2.75) is 44.8 Å². The molecule has 6 heteroatoms. The molecule has 1 aromatic heterocycles. The first-order valence-corrected chi connectivity index (χ1v) is 9.71. The van der Waals surface area contributed by atoms with Crippen molar-refractivity contribution in [2.75, 3.05) is 11.6 Å². The van der Waals surface area contributed by atoms with Crippen LogP contribution < -0.4 is 5.32 Å². The number of carbonyl (C=O) groups is 1. The number of ketones is 1. The summed E-state index contributed by atoms with van der Waals surface area (Å²) in [6.45, 7) is 6.36. The van der Waals surface area contributed by atoms with E-state index in [4.69, 9.17) is 0 Å². The van der Waals surface area contributed by atoms with E-state index in [0.717, 1.165) is 29.2 Å². The number of aryl methyl sites for hydroxylation is 1. The predicted octanol–water partition coefficient (Wildman–Crippen LogP) is 3.97. The number of Topliss-reactive ketones (excluding diaryl/α,β-unsaturated/α-hetero) is 1. The Bertz CT molecular complexity index is 897. The largest absolute Gasteiger partial charge is 0.328 e. The molecule has 0 spiro atoms. The van der Waals surface area contributed by atoms with Crippen LogP contribution in [-0.4, -0.2) is 26.8 Å². The highest BCUT2D eigenvalue weighted by atomic mass is 32.2. The zero-order valence-electron chi connectivity index (χ0n) is 15.0. The van der Waals surface area contributed by atoms with E-state index in [1.54, 1.807) is 0 Å². The normalized spacial score (nSPS) is 21.6. The summed E-state index contributed by atoms with van der Waals surface area (Å²) in [7, 11) is 0. The van der Waals surface area contributed by atoms with E-state index in [2.05, 4.69) is 54.4 Å². The molecular formula is C19H22N4OS. The summed E-state index contributed by atoms with van der Waals surface area (Å²) in [5, 5.41) is 8.74. The van der Waals surface area contributed by atoms with Gasteiger partial charge in [-0.3, -0.25) is 4.79 Å². The second-order valence-corrected chi connectivity index (χ2v) is 8.41. The first kappa shape index (κ1) is 16.4. The molecule has 0 saturated heterocycles. The summed E-state index contributed by atoms with van der Waals surface area (Å²) in [4.78, 5) is 17.6. The number of allylic oxidation sites excluding steroid dienone is 2. The van der Waals surface area contributed by atoms with E-state index in [1.807, 2.05) is 17.0 Å². The van der Waals surface area contributed by atoms with Gasteiger partial charge < -0.3 is 5.32 Å². The number of thioether (sulfide) groups is 1. The number of carbonyl (C=O) groups excluding carboxylic acids is 1. The van der Waals surface area contributed by atoms with Gasteiger partial charge in [0.2, 0.25) is 11.1 Å². The standard InChI is InChI=1S/C19H22N4OS/c1-11-6-5-7-12(8-11)16-15-13(9-19(2,3)10-14(15)24)20-17-21-18(25-4)22-23(16)17/h5-8,16H,9-10H2,1-4H3,(H,20,21,22)/t16-/m0/s1. The number of hydrogen-bond donors (Lipinski definition) is 1. The first-order chi connectivity index (χ1) is 11.9. The van der Waals surface area contributed by atoms with E-state index in [0.29, 0.717) is 11.6 Å². The van der Waals surface area contributed by atoms with Crippen molar-refractivity contribution in [2.24, 2.45) is 5.41 Å². The second-order valence-electron chi connectivity index (χ2n) is 7.64. The fourth-order valence-corrected chi connectivity index (χ4v) is 4.17. The molecule has 4 rings (SSSR count). The fraction of sp³-hybridized carbons (Fsp3) is 0.421. The fourth-order valence-electron chi connectivity index (χ4n) is 3.82. The number of benzene rings is 1. The molecule has 0 unspecified atom stereocenters. The summed E-state index contributed by atoms with van der Waals surface area (Å²) >= 11 is 1.51. The average molecular weight is 354 g/mol. The van der Waals surface area contributed by atoms with E-state index < -0.39 is 0 Å². The maximum absolute atomic E-state index is 13.0. The van der Waals surface area contributed by atoms with Crippen LogP contribution in [0.1, 0.15) is 43.9 Å². The van der Waals surface area contributed by atoms with Crippen LogP contribution in [0.15, 0.2) is 40.7 Å². The number of nitrogens with zero attached hydrogens (tertiary/aromatic N) is 3. The molecule has 1 atom stereocenters. The molecule has 1 aliphatic carbocycles. The van der Waals surface area contributed by atoms with Crippen molar-refractivity contribution < 1.29 is 4.79 Å². The van der Waals surface area contributed by atoms with E-state index in [9.17, 15) is 4.79 Å². The number of nitrogens with one attached hydrogen (secondary N) is 1. The van der Waals surface area contributed by atoms with Gasteiger partial charge in [-0.05, 0) is 30.6 Å². The SMILES string of the molecule is CSc1nc2n(n1)[C@@H](c1cccc(C)c1)C1=C(CC(C)(C)CC1=O)N2. The van der Waals surface area contributed by atoms with Gasteiger partial charge in [0.1, 0.15) is 6.04 Å². The highest BCUT2D eigenvalue weighted by Crippen LogP contribution is 2.45. The minimum absolute atomic E-state index is 0.0371. The quantitative estimate of drug-likeness (QED) is 0.827. The lowest BCUT2D eigenvalue weighted by molar-refractivity contribution is -0.118. The lowest BCUT2D eigenvalue weighted by atomic mass is 9.73. The second kappa shape index (κ2) is 5.73. The molecule has 1 N–H and O–H groups in total. The Morgan fingerprint density at radius 1 is 1.32 bits per heavy atom. The number of rotatable bonds is 2. The minimum atomic E-state index is -0.205. The molecule has 25 heavy (non-hydrogen) atoms. The third kappa shape index (κ3) is 2.78. The van der Waals surface area contributed by atoms with Crippen LogP contribution in [-0.2, 0) is 4.79 Å². The van der Waals surface area contributed by atoms with E-state index in [-0.39, 0.29) is 17.2 Å². The zero-order valence-corrected chi connectivity index (χ0v) is 15.8. The lowest BCUT2D eigenvalue weighted by Gasteiger charge is -2.38. The Hall–Kier alpha value is -2.08. The molecule has 0 amide bonds. The number of anilines is 1. The molecule has 1 aliphatic heterocycles. The zero-order chi connectivity index (χ0) is 17.8. The molecule has 130 valence electrons. The van der Waals surface area contributed by atoms with Crippen LogP contribution in [0.5, 0.6) is 0 Å². The average Bonchev–Trinajstić information content (AvgIpc) is 2.94. The summed E-state index contributed by atoms with van der Waals surface area (Å²) in [6, 6.07) is 8.11. The maximum Gasteiger partial charge on any atom is 0.227 e. The molecule has 0 radical (unpaired) electrons. The minimum Gasteiger partial charge on any atom is -0.328 e. The maximum atomic E-state index is 13.0. The van der Waals surface area contributed by atoms with E-state index in [1.165, 1.54) is 17.3 Å². The van der Waals surface area contributed by atoms with Gasteiger partial charge in [0.25, 0.3) is 0 Å². The van der Waals surface area contributed by atoms with Crippen molar-refractivity contribution in [1.82, 2.24) is 14.8 Å². The Morgan fingerprint density at radius 2 is 2.12 bits per heavy atom. The Kier molecular flexibility index (Phi) is 3.76. The number of aromatic nitrogens is 3. The Labute approximate surface area is 151 Å². The van der Waals surface area contributed by atoms with Gasteiger partial charge in [-0.2, -0.15) is 4.98 Å². The Balaban J connectivity index is 1.92. The molecule has 0 saturated carbocycles. The highest BCUT2D eigenvalue weighted by Gasteiger charge is 2.41. The third-order valence-corrected chi connectivity index (χ3v) is 5.39. The van der Waals surface area contributed by atoms with Crippen molar-refractivity contribution in [3.8, 4) is 0 Å². The van der Waals surface area contributed by atoms with Crippen molar-refractivity contribution in [3.05, 3.63) is 46.7 Å². The van der Waals surface area contributed by atoms with Crippen molar-refractivity contribution >= 4 is 23.5 Å². The molecule has 5 nitrogen and oxygen atoms in total. The van der Waals surface area contributed by atoms with Crippen molar-refractivity contribution in [3.63, 3.8) is 0 Å². The first-order valence-electron chi connectivity index (χ1n) is 8.48. The van der Waals surface area contributed by atoms with Crippen LogP contribution in [0.2, 0.25) is 0 Å². The molecule has 2 aliphatic rings. The summed E-state index contributed by atoms with van der Waals surface area (Å²) in [5.41, 5.74) is 4.06. The van der Waals surface area contributed by atoms with Crippen LogP contribution >= 0.6 is 11.8 Å². The topological polar surface area (TPSA) is 59.8 Å². The number of hydrogen-bond acceptors (Lipinski definition) is 5. The molecule has 0 fully saturated rings. The predicted molar refractivity (Wildman–Crippen MR) is 99.8 cm³/mol. The van der Waals surface area contributed by atoms with Crippen molar-refractivity contribution in [1.29, 1.82) is 0 Å². The van der Waals surface area contributed by atoms with Crippen LogP contribution in [0.3, 0.4) is 0 Å². The monoisotopic (exact) mass is 354 g/mol.